The van der Waals surface area contributed by atoms with Crippen LogP contribution in [0.3, 0.4) is 0 Å². The normalized spacial score (nSPS) is 20.0. The fourth-order valence-corrected chi connectivity index (χ4v) is 2.55. The van der Waals surface area contributed by atoms with Crippen LogP contribution in [-0.2, 0) is 16.1 Å². The molecule has 0 bridgehead atoms. The fraction of sp³-hybridized carbons (Fsp3) is 0.571. The maximum absolute atomic E-state index is 12.4. The van der Waals surface area contributed by atoms with E-state index in [1.807, 2.05) is 19.1 Å². The van der Waals surface area contributed by atoms with Crippen LogP contribution in [0, 0.1) is 6.92 Å². The molecule has 1 N–H and O–H groups in total. The van der Waals surface area contributed by atoms with E-state index in [1.165, 1.54) is 4.90 Å². The van der Waals surface area contributed by atoms with E-state index in [2.05, 4.69) is 0 Å². The van der Waals surface area contributed by atoms with E-state index in [0.29, 0.717) is 25.4 Å². The van der Waals surface area contributed by atoms with E-state index in [1.54, 1.807) is 4.90 Å². The monoisotopic (exact) mass is 298 g/mol. The van der Waals surface area contributed by atoms with E-state index in [4.69, 9.17) is 9.52 Å². The molecule has 21 heavy (non-hydrogen) atoms. The first-order chi connectivity index (χ1) is 10.0. The first-order valence-corrected chi connectivity index (χ1v) is 6.87. The summed E-state index contributed by atoms with van der Waals surface area (Å²) in [5.74, 6) is 0.0810. The number of nitrogens with zero attached hydrogens (tertiary/aromatic N) is 2. The lowest BCUT2D eigenvalue weighted by Crippen LogP contribution is -2.57. The third-order valence-electron chi connectivity index (χ3n) is 3.57. The Bertz CT molecular complexity index is 517. The van der Waals surface area contributed by atoms with Gasteiger partial charge in [0.15, 0.2) is 0 Å². The maximum Gasteiger partial charge on any atom is 0.305 e. The van der Waals surface area contributed by atoms with Gasteiger partial charge in [-0.05, 0) is 19.1 Å². The van der Waals surface area contributed by atoms with E-state index in [9.17, 15) is 14.0 Å². The summed E-state index contributed by atoms with van der Waals surface area (Å²) < 4.78 is 17.9. The zero-order valence-corrected chi connectivity index (χ0v) is 11.9. The number of piperazine rings is 1. The predicted molar refractivity (Wildman–Crippen MR) is 72.5 cm³/mol. The fourth-order valence-electron chi connectivity index (χ4n) is 2.55. The minimum absolute atomic E-state index is 0.0165. The largest absolute Gasteiger partial charge is 0.481 e. The molecule has 0 aliphatic carbocycles. The van der Waals surface area contributed by atoms with Crippen molar-refractivity contribution in [2.24, 2.45) is 0 Å². The lowest BCUT2D eigenvalue weighted by atomic mass is 10.1. The summed E-state index contributed by atoms with van der Waals surface area (Å²) in [5, 5.41) is 8.99. The number of carbonyl (C=O) groups is 2. The smallest absolute Gasteiger partial charge is 0.305 e. The van der Waals surface area contributed by atoms with Gasteiger partial charge in [-0.1, -0.05) is 0 Å². The third kappa shape index (κ3) is 3.81. The van der Waals surface area contributed by atoms with Crippen LogP contribution >= 0.6 is 0 Å². The zero-order valence-electron chi connectivity index (χ0n) is 11.9. The second kappa shape index (κ2) is 6.71. The molecule has 1 aromatic heterocycles. The number of rotatable bonds is 6. The lowest BCUT2D eigenvalue weighted by Gasteiger charge is -2.39. The Morgan fingerprint density at radius 1 is 1.48 bits per heavy atom. The molecule has 1 unspecified atom stereocenters. The molecule has 0 saturated carbocycles. The molecule has 1 aromatic rings. The summed E-state index contributed by atoms with van der Waals surface area (Å²) in [6.07, 6.45) is -0.290. The van der Waals surface area contributed by atoms with E-state index in [-0.39, 0.29) is 18.9 Å². The van der Waals surface area contributed by atoms with Gasteiger partial charge in [0.2, 0.25) is 5.91 Å². The highest BCUT2D eigenvalue weighted by Crippen LogP contribution is 2.19. The van der Waals surface area contributed by atoms with Crippen molar-refractivity contribution in [1.29, 1.82) is 0 Å². The number of aliphatic carboxylic acids is 1. The molecular weight excluding hydrogens is 279 g/mol. The van der Waals surface area contributed by atoms with Gasteiger partial charge in [0.05, 0.1) is 13.0 Å². The van der Waals surface area contributed by atoms with Crippen LogP contribution in [-0.4, -0.2) is 59.1 Å². The van der Waals surface area contributed by atoms with Gasteiger partial charge in [-0.15, -0.1) is 0 Å². The average Bonchev–Trinajstić information content (AvgIpc) is 2.82. The van der Waals surface area contributed by atoms with Crippen molar-refractivity contribution >= 4 is 11.9 Å². The number of carboxylic acid groups (broad SMARTS) is 1. The second-order valence-electron chi connectivity index (χ2n) is 5.11. The van der Waals surface area contributed by atoms with E-state index in [0.717, 1.165) is 5.76 Å². The molecule has 1 fully saturated rings. The SMILES string of the molecule is Cc1ccc(CN2CCN(CCF)C(=O)C2CC(=O)O)o1. The van der Waals surface area contributed by atoms with Crippen molar-refractivity contribution < 1.29 is 23.5 Å². The van der Waals surface area contributed by atoms with Crippen LogP contribution in [0.15, 0.2) is 16.5 Å². The third-order valence-corrected chi connectivity index (χ3v) is 3.57. The molecule has 1 amide bonds. The summed E-state index contributed by atoms with van der Waals surface area (Å²) in [5.41, 5.74) is 0. The Morgan fingerprint density at radius 3 is 2.81 bits per heavy atom. The maximum atomic E-state index is 12.4. The molecule has 1 aliphatic heterocycles. The molecule has 2 rings (SSSR count). The molecule has 1 aliphatic rings. The second-order valence-corrected chi connectivity index (χ2v) is 5.11. The molecule has 7 heteroatoms. The zero-order chi connectivity index (χ0) is 15.4. The van der Waals surface area contributed by atoms with Crippen molar-refractivity contribution in [3.63, 3.8) is 0 Å². The average molecular weight is 298 g/mol. The van der Waals surface area contributed by atoms with Gasteiger partial charge in [0.25, 0.3) is 0 Å². The number of alkyl halides is 1. The van der Waals surface area contributed by atoms with Crippen LogP contribution in [0.1, 0.15) is 17.9 Å². The summed E-state index contributed by atoms with van der Waals surface area (Å²) >= 11 is 0. The number of aryl methyl sites for hydroxylation is 1. The highest BCUT2D eigenvalue weighted by atomic mass is 19.1. The van der Waals surface area contributed by atoms with Crippen molar-refractivity contribution in [2.45, 2.75) is 25.9 Å². The molecule has 6 nitrogen and oxygen atoms in total. The first kappa shape index (κ1) is 15.5. The van der Waals surface area contributed by atoms with Gasteiger partial charge < -0.3 is 14.4 Å². The molecule has 0 aromatic carbocycles. The van der Waals surface area contributed by atoms with Crippen LogP contribution in [0.25, 0.3) is 0 Å². The van der Waals surface area contributed by atoms with Crippen molar-refractivity contribution in [3.8, 4) is 0 Å². The van der Waals surface area contributed by atoms with Gasteiger partial charge in [-0.25, -0.2) is 4.39 Å². The molecule has 116 valence electrons. The number of hydrogen-bond acceptors (Lipinski definition) is 4. The number of carbonyl (C=O) groups excluding carboxylic acids is 1. The Morgan fingerprint density at radius 2 is 2.24 bits per heavy atom. The predicted octanol–water partition coefficient (Wildman–Crippen LogP) is 1.05. The first-order valence-electron chi connectivity index (χ1n) is 6.87. The topological polar surface area (TPSA) is 74.0 Å². The van der Waals surface area contributed by atoms with Gasteiger partial charge in [0, 0.05) is 19.6 Å². The van der Waals surface area contributed by atoms with Crippen LogP contribution in [0.2, 0.25) is 0 Å². The molecule has 0 radical (unpaired) electrons. The minimum Gasteiger partial charge on any atom is -0.481 e. The molecule has 2 heterocycles. The Labute approximate surface area is 122 Å². The van der Waals surface area contributed by atoms with Crippen LogP contribution in [0.5, 0.6) is 0 Å². The molecular formula is C14H19FN2O4. The van der Waals surface area contributed by atoms with Crippen LogP contribution in [0.4, 0.5) is 4.39 Å². The Kier molecular flexibility index (Phi) is 4.95. The van der Waals surface area contributed by atoms with Crippen molar-refractivity contribution in [1.82, 2.24) is 9.80 Å². The number of hydrogen-bond donors (Lipinski definition) is 1. The highest BCUT2D eigenvalue weighted by molar-refractivity contribution is 5.86. The molecule has 0 spiro atoms. The Hall–Kier alpha value is -1.89. The van der Waals surface area contributed by atoms with Crippen molar-refractivity contribution in [2.75, 3.05) is 26.3 Å². The highest BCUT2D eigenvalue weighted by Gasteiger charge is 2.36. The van der Waals surface area contributed by atoms with Gasteiger partial charge in [0.1, 0.15) is 24.2 Å². The van der Waals surface area contributed by atoms with E-state index >= 15 is 0 Å². The molecule has 1 saturated heterocycles. The quantitative estimate of drug-likeness (QED) is 0.849. The van der Waals surface area contributed by atoms with Gasteiger partial charge in [-0.3, -0.25) is 14.5 Å². The van der Waals surface area contributed by atoms with Crippen LogP contribution < -0.4 is 0 Å². The molecule has 1 atom stereocenters. The minimum atomic E-state index is -1.05. The summed E-state index contributed by atoms with van der Waals surface area (Å²) in [6.45, 7) is 2.50. The number of furan rings is 1. The summed E-state index contributed by atoms with van der Waals surface area (Å²) in [6, 6.07) is 2.86. The van der Waals surface area contributed by atoms with Crippen molar-refractivity contribution in [3.05, 3.63) is 23.7 Å². The van der Waals surface area contributed by atoms with Gasteiger partial charge in [-0.2, -0.15) is 0 Å². The number of amides is 1. The summed E-state index contributed by atoms with van der Waals surface area (Å²) in [4.78, 5) is 26.4. The van der Waals surface area contributed by atoms with Gasteiger partial charge >= 0.3 is 5.97 Å². The summed E-state index contributed by atoms with van der Waals surface area (Å²) in [7, 11) is 0. The van der Waals surface area contributed by atoms with E-state index < -0.39 is 18.7 Å². The standard InChI is InChI=1S/C14H19FN2O4/c1-10-2-3-11(21-10)9-17-7-6-16(5-4-15)14(20)12(17)8-13(18)19/h2-3,12H,4-9H2,1H3,(H,18,19). The Balaban J connectivity index is 2.11. The lowest BCUT2D eigenvalue weighted by molar-refractivity contribution is -0.150. The number of carboxylic acids is 1. The number of halogens is 1.